The summed E-state index contributed by atoms with van der Waals surface area (Å²) < 4.78 is 0. The van der Waals surface area contributed by atoms with Gasteiger partial charge in [-0.15, -0.1) is 5.11 Å². The zero-order valence-electron chi connectivity index (χ0n) is 12.0. The third kappa shape index (κ3) is 3.35. The van der Waals surface area contributed by atoms with Gasteiger partial charge in [-0.05, 0) is 23.6 Å². The fourth-order valence-corrected chi connectivity index (χ4v) is 1.83. The zero-order chi connectivity index (χ0) is 14.6. The third-order valence-electron chi connectivity index (χ3n) is 2.89. The summed E-state index contributed by atoms with van der Waals surface area (Å²) in [5, 5.41) is 20.1. The maximum atomic E-state index is 10.3. The van der Waals surface area contributed by atoms with Crippen molar-refractivity contribution in [3.8, 4) is 5.75 Å². The first kappa shape index (κ1) is 14.1. The highest BCUT2D eigenvalue weighted by atomic mass is 16.3. The van der Waals surface area contributed by atoms with E-state index in [1.54, 1.807) is 23.5 Å². The molecule has 0 saturated heterocycles. The van der Waals surface area contributed by atoms with Crippen molar-refractivity contribution >= 4 is 5.69 Å². The molecule has 1 N–H and O–H groups in total. The molecule has 1 aliphatic rings. The van der Waals surface area contributed by atoms with E-state index < -0.39 is 0 Å². The lowest BCUT2D eigenvalue weighted by Crippen LogP contribution is -2.10. The molecule has 0 fully saturated rings. The average Bonchev–Trinajstić information content (AvgIpc) is 2.64. The van der Waals surface area contributed by atoms with Crippen LogP contribution in [0.3, 0.4) is 0 Å². The van der Waals surface area contributed by atoms with Crippen LogP contribution in [0.2, 0.25) is 0 Å². The standard InChI is InChI=1S/C16H19N3O/c1-16(2,3)13-9-8-10-14(15(13)20)17-18-19-11-6-4-5-7-12-19/h4-12,20H,1-3H3. The summed E-state index contributed by atoms with van der Waals surface area (Å²) in [6.45, 7) is 6.15. The molecule has 0 aromatic heterocycles. The van der Waals surface area contributed by atoms with E-state index in [2.05, 4.69) is 31.1 Å². The van der Waals surface area contributed by atoms with Crippen molar-refractivity contribution in [2.45, 2.75) is 26.2 Å². The number of benzene rings is 1. The zero-order valence-corrected chi connectivity index (χ0v) is 12.0. The molecule has 0 aliphatic carbocycles. The van der Waals surface area contributed by atoms with Crippen molar-refractivity contribution in [1.82, 2.24) is 5.01 Å². The van der Waals surface area contributed by atoms with Gasteiger partial charge in [-0.3, -0.25) is 0 Å². The molecule has 4 heteroatoms. The number of rotatable bonds is 2. The van der Waals surface area contributed by atoms with Gasteiger partial charge >= 0.3 is 0 Å². The minimum atomic E-state index is -0.137. The Bertz CT molecular complexity index is 576. The molecule has 0 atom stereocenters. The first-order chi connectivity index (χ1) is 9.48. The van der Waals surface area contributed by atoms with Crippen LogP contribution >= 0.6 is 0 Å². The van der Waals surface area contributed by atoms with Crippen molar-refractivity contribution in [2.75, 3.05) is 0 Å². The van der Waals surface area contributed by atoms with E-state index in [1.807, 2.05) is 36.4 Å². The summed E-state index contributed by atoms with van der Waals surface area (Å²) >= 11 is 0. The van der Waals surface area contributed by atoms with Gasteiger partial charge < -0.3 is 5.11 Å². The molecule has 4 nitrogen and oxygen atoms in total. The minimum Gasteiger partial charge on any atom is -0.505 e. The van der Waals surface area contributed by atoms with Gasteiger partial charge in [0.1, 0.15) is 11.4 Å². The summed E-state index contributed by atoms with van der Waals surface area (Å²) in [7, 11) is 0. The third-order valence-corrected chi connectivity index (χ3v) is 2.89. The van der Waals surface area contributed by atoms with Crippen LogP contribution in [0.4, 0.5) is 5.69 Å². The van der Waals surface area contributed by atoms with Crippen LogP contribution < -0.4 is 0 Å². The van der Waals surface area contributed by atoms with Crippen molar-refractivity contribution in [1.29, 1.82) is 0 Å². The molecule has 0 radical (unpaired) electrons. The van der Waals surface area contributed by atoms with Crippen LogP contribution in [0.15, 0.2) is 65.2 Å². The molecule has 0 bridgehead atoms. The summed E-state index contributed by atoms with van der Waals surface area (Å²) in [4.78, 5) is 0. The largest absolute Gasteiger partial charge is 0.505 e. The Balaban J connectivity index is 2.26. The van der Waals surface area contributed by atoms with E-state index in [9.17, 15) is 5.11 Å². The van der Waals surface area contributed by atoms with Crippen LogP contribution in [-0.4, -0.2) is 10.1 Å². The Labute approximate surface area is 119 Å². The summed E-state index contributed by atoms with van der Waals surface area (Å²) in [6.07, 6.45) is 11.1. The minimum absolute atomic E-state index is 0.137. The number of aromatic hydroxyl groups is 1. The lowest BCUT2D eigenvalue weighted by Gasteiger charge is -2.20. The second kappa shape index (κ2) is 5.74. The number of hydrogen-bond donors (Lipinski definition) is 1. The van der Waals surface area contributed by atoms with E-state index in [4.69, 9.17) is 0 Å². The van der Waals surface area contributed by atoms with Crippen LogP contribution in [0.25, 0.3) is 0 Å². The Morgan fingerprint density at radius 1 is 1.00 bits per heavy atom. The van der Waals surface area contributed by atoms with Crippen molar-refractivity contribution in [2.24, 2.45) is 10.3 Å². The number of allylic oxidation sites excluding steroid dienone is 4. The lowest BCUT2D eigenvalue weighted by molar-refractivity contribution is 0.444. The second-order valence-corrected chi connectivity index (χ2v) is 5.56. The molecule has 104 valence electrons. The molecule has 20 heavy (non-hydrogen) atoms. The van der Waals surface area contributed by atoms with Crippen molar-refractivity contribution in [3.63, 3.8) is 0 Å². The number of hydrogen-bond acceptors (Lipinski definition) is 3. The number of nitrogens with zero attached hydrogens (tertiary/aromatic N) is 3. The summed E-state index contributed by atoms with van der Waals surface area (Å²) in [5.74, 6) is 0.185. The topological polar surface area (TPSA) is 48.2 Å². The summed E-state index contributed by atoms with van der Waals surface area (Å²) in [5.41, 5.74) is 1.19. The van der Waals surface area contributed by atoms with E-state index in [1.165, 1.54) is 0 Å². The molecule has 1 aromatic carbocycles. The Morgan fingerprint density at radius 3 is 2.25 bits per heavy atom. The summed E-state index contributed by atoms with van der Waals surface area (Å²) in [6, 6.07) is 5.53. The quantitative estimate of drug-likeness (QED) is 0.798. The molecule has 1 aromatic rings. The van der Waals surface area contributed by atoms with Gasteiger partial charge in [0.15, 0.2) is 0 Å². The fraction of sp³-hybridized carbons (Fsp3) is 0.250. The number of phenols is 1. The van der Waals surface area contributed by atoms with Gasteiger partial charge in [-0.1, -0.05) is 50.3 Å². The van der Waals surface area contributed by atoms with Crippen LogP contribution in [-0.2, 0) is 5.41 Å². The maximum absolute atomic E-state index is 10.3. The average molecular weight is 269 g/mol. The van der Waals surface area contributed by atoms with Crippen LogP contribution in [0.1, 0.15) is 26.3 Å². The molecule has 0 amide bonds. The molecule has 1 heterocycles. The van der Waals surface area contributed by atoms with Crippen molar-refractivity contribution in [3.05, 3.63) is 60.5 Å². The van der Waals surface area contributed by atoms with E-state index >= 15 is 0 Å². The van der Waals surface area contributed by atoms with E-state index in [0.717, 1.165) is 5.56 Å². The van der Waals surface area contributed by atoms with Gasteiger partial charge in [-0.2, -0.15) is 0 Å². The van der Waals surface area contributed by atoms with Gasteiger partial charge in [0.2, 0.25) is 0 Å². The smallest absolute Gasteiger partial charge is 0.146 e. The first-order valence-corrected chi connectivity index (χ1v) is 6.52. The molecule has 0 spiro atoms. The van der Waals surface area contributed by atoms with Gasteiger partial charge in [0.25, 0.3) is 0 Å². The molecular formula is C16H19N3O. The van der Waals surface area contributed by atoms with E-state index in [-0.39, 0.29) is 11.2 Å². The lowest BCUT2D eigenvalue weighted by atomic mass is 9.86. The van der Waals surface area contributed by atoms with Crippen LogP contribution in [0.5, 0.6) is 5.75 Å². The van der Waals surface area contributed by atoms with Crippen molar-refractivity contribution < 1.29 is 5.11 Å². The maximum Gasteiger partial charge on any atom is 0.146 e. The highest BCUT2D eigenvalue weighted by Crippen LogP contribution is 2.37. The number of phenolic OH excluding ortho intramolecular Hbond substituents is 1. The highest BCUT2D eigenvalue weighted by molar-refractivity contribution is 5.56. The van der Waals surface area contributed by atoms with Gasteiger partial charge in [0.05, 0.1) is 0 Å². The second-order valence-electron chi connectivity index (χ2n) is 5.56. The van der Waals surface area contributed by atoms with Gasteiger partial charge in [0, 0.05) is 18.0 Å². The monoisotopic (exact) mass is 269 g/mol. The number of para-hydroxylation sites is 1. The predicted octanol–water partition coefficient (Wildman–Crippen LogP) is 4.59. The molecule has 0 saturated carbocycles. The molecule has 1 aliphatic heterocycles. The highest BCUT2D eigenvalue weighted by Gasteiger charge is 2.19. The molecule has 2 rings (SSSR count). The molecular weight excluding hydrogens is 250 g/mol. The van der Waals surface area contributed by atoms with Crippen LogP contribution in [0, 0.1) is 0 Å². The Hall–Kier alpha value is -2.36. The fourth-order valence-electron chi connectivity index (χ4n) is 1.83. The van der Waals surface area contributed by atoms with Gasteiger partial charge in [-0.25, -0.2) is 5.01 Å². The molecule has 0 unspecified atom stereocenters. The Kier molecular flexibility index (Phi) is 4.03. The first-order valence-electron chi connectivity index (χ1n) is 6.52. The SMILES string of the molecule is CC(C)(C)c1cccc(N=NN2C=CC=CC=C2)c1O. The predicted molar refractivity (Wildman–Crippen MR) is 80.6 cm³/mol. The normalized spacial score (nSPS) is 15.1. The van der Waals surface area contributed by atoms with E-state index in [0.29, 0.717) is 5.69 Å². The Morgan fingerprint density at radius 2 is 1.65 bits per heavy atom.